The van der Waals surface area contributed by atoms with Crippen LogP contribution in [0.15, 0.2) is 18.2 Å². The van der Waals surface area contributed by atoms with Gasteiger partial charge in [0.1, 0.15) is 0 Å². The molecule has 0 aromatic heterocycles. The minimum atomic E-state index is -0.972. The van der Waals surface area contributed by atoms with E-state index in [2.05, 4.69) is 12.2 Å². The predicted molar refractivity (Wildman–Crippen MR) is 70.4 cm³/mol. The van der Waals surface area contributed by atoms with Gasteiger partial charge in [0.05, 0.1) is 22.9 Å². The number of aromatic carboxylic acids is 1. The molecule has 2 atom stereocenters. The fraction of sp³-hybridized carbons (Fsp3) is 0.462. The molecule has 1 aliphatic rings. The summed E-state index contributed by atoms with van der Waals surface area (Å²) in [6, 6.07) is 4.97. The topological polar surface area (TPSA) is 58.6 Å². The van der Waals surface area contributed by atoms with E-state index in [-0.39, 0.29) is 11.6 Å². The molecule has 1 fully saturated rings. The average molecular weight is 270 g/mol. The number of carboxylic acids is 1. The number of carboxylic acid groups (broad SMARTS) is 1. The van der Waals surface area contributed by atoms with Crippen molar-refractivity contribution >= 4 is 23.3 Å². The van der Waals surface area contributed by atoms with Crippen molar-refractivity contribution in [2.45, 2.75) is 19.4 Å². The van der Waals surface area contributed by atoms with E-state index >= 15 is 0 Å². The van der Waals surface area contributed by atoms with Gasteiger partial charge in [0, 0.05) is 18.6 Å². The molecule has 98 valence electrons. The number of halogens is 1. The summed E-state index contributed by atoms with van der Waals surface area (Å²) >= 11 is 6.07. The zero-order valence-corrected chi connectivity index (χ0v) is 10.9. The van der Waals surface area contributed by atoms with Gasteiger partial charge in [0.2, 0.25) is 0 Å². The highest BCUT2D eigenvalue weighted by atomic mass is 35.5. The quantitative estimate of drug-likeness (QED) is 0.882. The van der Waals surface area contributed by atoms with Crippen LogP contribution >= 0.6 is 11.6 Å². The predicted octanol–water partition coefficient (Wildman–Crippen LogP) is 2.88. The molecule has 2 rings (SSSR count). The largest absolute Gasteiger partial charge is 0.478 e. The molecule has 1 heterocycles. The van der Waals surface area contributed by atoms with E-state index in [0.717, 1.165) is 25.3 Å². The lowest BCUT2D eigenvalue weighted by Crippen LogP contribution is -2.26. The number of ether oxygens (including phenoxy) is 1. The zero-order valence-electron chi connectivity index (χ0n) is 10.1. The normalized spacial score (nSPS) is 20.7. The Labute approximate surface area is 111 Å². The fourth-order valence-corrected chi connectivity index (χ4v) is 2.31. The molecule has 0 bridgehead atoms. The van der Waals surface area contributed by atoms with Gasteiger partial charge in [0.15, 0.2) is 0 Å². The number of carbonyl (C=O) groups is 1. The Morgan fingerprint density at radius 3 is 2.94 bits per heavy atom. The van der Waals surface area contributed by atoms with E-state index in [1.54, 1.807) is 12.1 Å². The Morgan fingerprint density at radius 2 is 2.39 bits per heavy atom. The Balaban J connectivity index is 2.06. The van der Waals surface area contributed by atoms with E-state index in [1.807, 2.05) is 0 Å². The van der Waals surface area contributed by atoms with Crippen LogP contribution in [0.1, 0.15) is 23.7 Å². The SMILES string of the molecule is CC(Nc1ccc(C(=O)O)cc1Cl)C1CCOC1. The summed E-state index contributed by atoms with van der Waals surface area (Å²) in [5, 5.41) is 12.6. The lowest BCUT2D eigenvalue weighted by molar-refractivity contribution is 0.0697. The van der Waals surface area contributed by atoms with Crippen molar-refractivity contribution in [3.8, 4) is 0 Å². The molecule has 1 aliphatic heterocycles. The van der Waals surface area contributed by atoms with Crippen molar-refractivity contribution in [1.29, 1.82) is 0 Å². The smallest absolute Gasteiger partial charge is 0.335 e. The van der Waals surface area contributed by atoms with Crippen molar-refractivity contribution in [1.82, 2.24) is 0 Å². The number of hydrogen-bond donors (Lipinski definition) is 2. The Morgan fingerprint density at radius 1 is 1.61 bits per heavy atom. The molecule has 5 heteroatoms. The first-order chi connectivity index (χ1) is 8.58. The molecule has 2 N–H and O–H groups in total. The minimum absolute atomic E-state index is 0.197. The van der Waals surface area contributed by atoms with Gasteiger partial charge in [-0.15, -0.1) is 0 Å². The van der Waals surface area contributed by atoms with Crippen LogP contribution in [0, 0.1) is 5.92 Å². The molecular weight excluding hydrogens is 254 g/mol. The average Bonchev–Trinajstić information content (AvgIpc) is 2.85. The van der Waals surface area contributed by atoms with E-state index in [9.17, 15) is 4.79 Å². The Hall–Kier alpha value is -1.26. The summed E-state index contributed by atoms with van der Waals surface area (Å²) < 4.78 is 5.35. The lowest BCUT2D eigenvalue weighted by Gasteiger charge is -2.21. The molecule has 0 amide bonds. The summed E-state index contributed by atoms with van der Waals surface area (Å²) in [4.78, 5) is 10.8. The van der Waals surface area contributed by atoms with Gasteiger partial charge in [-0.2, -0.15) is 0 Å². The first kappa shape index (κ1) is 13.2. The minimum Gasteiger partial charge on any atom is -0.478 e. The third-order valence-corrected chi connectivity index (χ3v) is 3.58. The van der Waals surface area contributed by atoms with E-state index in [0.29, 0.717) is 10.9 Å². The molecule has 1 aromatic carbocycles. The van der Waals surface area contributed by atoms with Crippen molar-refractivity contribution in [3.05, 3.63) is 28.8 Å². The van der Waals surface area contributed by atoms with Gasteiger partial charge >= 0.3 is 5.97 Å². The van der Waals surface area contributed by atoms with Crippen molar-refractivity contribution in [2.24, 2.45) is 5.92 Å². The second-order valence-electron chi connectivity index (χ2n) is 4.56. The highest BCUT2D eigenvalue weighted by Gasteiger charge is 2.22. The van der Waals surface area contributed by atoms with Gasteiger partial charge in [-0.25, -0.2) is 4.79 Å². The van der Waals surface area contributed by atoms with E-state index in [1.165, 1.54) is 6.07 Å². The molecule has 4 nitrogen and oxygen atoms in total. The summed E-state index contributed by atoms with van der Waals surface area (Å²) in [7, 11) is 0. The lowest BCUT2D eigenvalue weighted by atomic mass is 10.0. The highest BCUT2D eigenvalue weighted by Crippen LogP contribution is 2.26. The van der Waals surface area contributed by atoms with Gasteiger partial charge in [-0.3, -0.25) is 0 Å². The van der Waals surface area contributed by atoms with Crippen LogP contribution in [0.2, 0.25) is 5.02 Å². The van der Waals surface area contributed by atoms with Crippen LogP contribution in [-0.4, -0.2) is 30.3 Å². The molecule has 0 saturated carbocycles. The molecule has 18 heavy (non-hydrogen) atoms. The number of nitrogens with one attached hydrogen (secondary N) is 1. The molecule has 1 aromatic rings. The Kier molecular flexibility index (Phi) is 4.09. The molecular formula is C13H16ClNO3. The van der Waals surface area contributed by atoms with Crippen LogP contribution < -0.4 is 5.32 Å². The maximum atomic E-state index is 10.8. The molecule has 2 unspecified atom stereocenters. The van der Waals surface area contributed by atoms with E-state index < -0.39 is 5.97 Å². The number of anilines is 1. The summed E-state index contributed by atoms with van der Waals surface area (Å²) in [5.74, 6) is -0.499. The third-order valence-electron chi connectivity index (χ3n) is 3.27. The zero-order chi connectivity index (χ0) is 13.1. The van der Waals surface area contributed by atoms with Crippen molar-refractivity contribution in [3.63, 3.8) is 0 Å². The second-order valence-corrected chi connectivity index (χ2v) is 4.96. The number of hydrogen-bond acceptors (Lipinski definition) is 3. The van der Waals surface area contributed by atoms with Crippen molar-refractivity contribution in [2.75, 3.05) is 18.5 Å². The maximum absolute atomic E-state index is 10.8. The van der Waals surface area contributed by atoms with Crippen LogP contribution in [0.5, 0.6) is 0 Å². The first-order valence-electron chi connectivity index (χ1n) is 5.95. The molecule has 1 saturated heterocycles. The highest BCUT2D eigenvalue weighted by molar-refractivity contribution is 6.33. The van der Waals surface area contributed by atoms with Gasteiger partial charge in [-0.05, 0) is 31.5 Å². The van der Waals surface area contributed by atoms with Crippen LogP contribution in [0.3, 0.4) is 0 Å². The Bertz CT molecular complexity index is 444. The monoisotopic (exact) mass is 269 g/mol. The maximum Gasteiger partial charge on any atom is 0.335 e. The van der Waals surface area contributed by atoms with Gasteiger partial charge in [0.25, 0.3) is 0 Å². The summed E-state index contributed by atoms with van der Waals surface area (Å²) in [6.45, 7) is 3.65. The van der Waals surface area contributed by atoms with Crippen LogP contribution in [0.25, 0.3) is 0 Å². The molecule has 0 aliphatic carbocycles. The molecule has 0 radical (unpaired) electrons. The van der Waals surface area contributed by atoms with Crippen LogP contribution in [0.4, 0.5) is 5.69 Å². The van der Waals surface area contributed by atoms with Gasteiger partial charge < -0.3 is 15.2 Å². The first-order valence-corrected chi connectivity index (χ1v) is 6.33. The third kappa shape index (κ3) is 2.94. The summed E-state index contributed by atoms with van der Waals surface area (Å²) in [5.41, 5.74) is 0.962. The van der Waals surface area contributed by atoms with Crippen molar-refractivity contribution < 1.29 is 14.6 Å². The number of benzene rings is 1. The second kappa shape index (κ2) is 5.59. The summed E-state index contributed by atoms with van der Waals surface area (Å²) in [6.07, 6.45) is 1.04. The van der Waals surface area contributed by atoms with E-state index in [4.69, 9.17) is 21.4 Å². The molecule has 0 spiro atoms. The number of rotatable bonds is 4. The standard InChI is InChI=1S/C13H16ClNO3/c1-8(10-4-5-18-7-10)15-12-3-2-9(13(16)17)6-11(12)14/h2-3,6,8,10,15H,4-5,7H2,1H3,(H,16,17). The van der Waals surface area contributed by atoms with Gasteiger partial charge in [-0.1, -0.05) is 11.6 Å². The van der Waals surface area contributed by atoms with Crippen LogP contribution in [-0.2, 0) is 4.74 Å². The fourth-order valence-electron chi connectivity index (χ4n) is 2.08.